The van der Waals surface area contributed by atoms with Gasteiger partial charge in [0, 0.05) is 37.6 Å². The summed E-state index contributed by atoms with van der Waals surface area (Å²) in [5.74, 6) is 0.943. The van der Waals surface area contributed by atoms with Gasteiger partial charge in [-0.1, -0.05) is 71.9 Å². The molecule has 0 spiro atoms. The van der Waals surface area contributed by atoms with Crippen LogP contribution in [0.5, 0.6) is 11.5 Å². The third-order valence-corrected chi connectivity index (χ3v) is 10.00. The van der Waals surface area contributed by atoms with Gasteiger partial charge in [-0.3, -0.25) is 9.59 Å². The van der Waals surface area contributed by atoms with Crippen molar-refractivity contribution in [3.05, 3.63) is 117 Å². The summed E-state index contributed by atoms with van der Waals surface area (Å²) < 4.78 is 11.0. The summed E-state index contributed by atoms with van der Waals surface area (Å²) in [5, 5.41) is 6.12. The average Bonchev–Trinajstić information content (AvgIpc) is 3.10. The second-order valence-corrected chi connectivity index (χ2v) is 16.1. The van der Waals surface area contributed by atoms with Gasteiger partial charge in [0.25, 0.3) is 11.8 Å². The van der Waals surface area contributed by atoms with Crippen molar-refractivity contribution in [2.45, 2.75) is 78.3 Å². The number of nitrogens with zero attached hydrogens (tertiary/aromatic N) is 2. The van der Waals surface area contributed by atoms with E-state index in [-0.39, 0.29) is 22.6 Å². The quantitative estimate of drug-likeness (QED) is 0.210. The molecule has 6 rings (SSSR count). The molecule has 2 aliphatic rings. The van der Waals surface area contributed by atoms with E-state index in [0.29, 0.717) is 22.6 Å². The first-order valence-corrected chi connectivity index (χ1v) is 18.2. The predicted molar refractivity (Wildman–Crippen MR) is 212 cm³/mol. The van der Waals surface area contributed by atoms with Gasteiger partial charge in [-0.15, -0.1) is 0 Å². The largest absolute Gasteiger partial charge is 0.496 e. The lowest BCUT2D eigenvalue weighted by atomic mass is 9.86. The van der Waals surface area contributed by atoms with Crippen LogP contribution in [0.25, 0.3) is 0 Å². The molecule has 276 valence electrons. The molecule has 2 N–H and O–H groups in total. The Bertz CT molecular complexity index is 1920. The standard InChI is InChI=1S/2C22H28N2O2/c1-22(2,3)17-7-9-19(20(13-17)26-5)21(25)23-18-8-6-16-14-24(4)11-10-15(16)12-18;1-22(2,3)16-9-10-18(20(13-16)26-5)21(25)23-19-8-6-7-15-14-24(4)12-11-17(15)19/h6-9,12-13H,10-11,14H2,1-5H3,(H,23,25);6-10,13H,11-12,14H2,1-5H3,(H,23,25). The Morgan fingerprint density at radius 3 is 1.71 bits per heavy atom. The van der Waals surface area contributed by atoms with Crippen LogP contribution in [-0.2, 0) is 36.8 Å². The summed E-state index contributed by atoms with van der Waals surface area (Å²) in [7, 11) is 7.47. The van der Waals surface area contributed by atoms with Crippen LogP contribution in [0.3, 0.4) is 0 Å². The number of hydrogen-bond donors (Lipinski definition) is 2. The van der Waals surface area contributed by atoms with Crippen LogP contribution in [0.4, 0.5) is 11.4 Å². The van der Waals surface area contributed by atoms with Crippen molar-refractivity contribution in [1.82, 2.24) is 9.80 Å². The molecule has 2 heterocycles. The van der Waals surface area contributed by atoms with Gasteiger partial charge >= 0.3 is 0 Å². The van der Waals surface area contributed by atoms with Gasteiger partial charge < -0.3 is 29.9 Å². The molecule has 0 bridgehead atoms. The van der Waals surface area contributed by atoms with Gasteiger partial charge in [0.05, 0.1) is 25.3 Å². The summed E-state index contributed by atoms with van der Waals surface area (Å²) in [5.41, 5.74) is 10.3. The molecule has 0 saturated heterocycles. The number of rotatable bonds is 6. The molecule has 8 heteroatoms. The second-order valence-electron chi connectivity index (χ2n) is 16.1. The van der Waals surface area contributed by atoms with Crippen molar-refractivity contribution < 1.29 is 19.1 Å². The molecule has 2 amide bonds. The van der Waals surface area contributed by atoms with Crippen LogP contribution in [0.1, 0.15) is 95.6 Å². The second kappa shape index (κ2) is 15.9. The van der Waals surface area contributed by atoms with Gasteiger partial charge in [-0.2, -0.15) is 0 Å². The lowest BCUT2D eigenvalue weighted by Gasteiger charge is -2.27. The predicted octanol–water partition coefficient (Wildman–Crippen LogP) is 8.47. The Hall–Kier alpha value is -4.66. The highest BCUT2D eigenvalue weighted by Crippen LogP contribution is 2.32. The number of benzene rings is 4. The number of likely N-dealkylation sites (N-methyl/N-ethyl adjacent to an activating group) is 2. The summed E-state index contributed by atoms with van der Waals surface area (Å²) >= 11 is 0. The maximum absolute atomic E-state index is 12.9. The van der Waals surface area contributed by atoms with Crippen LogP contribution in [0.15, 0.2) is 72.8 Å². The molecule has 0 unspecified atom stereocenters. The van der Waals surface area contributed by atoms with E-state index >= 15 is 0 Å². The number of fused-ring (bicyclic) bond motifs is 2. The molecule has 2 aliphatic heterocycles. The van der Waals surface area contributed by atoms with Crippen LogP contribution in [0, 0.1) is 0 Å². The molecule has 0 saturated carbocycles. The Labute approximate surface area is 310 Å². The summed E-state index contributed by atoms with van der Waals surface area (Å²) in [4.78, 5) is 30.3. The molecule has 0 atom stereocenters. The molecule has 0 radical (unpaired) electrons. The first kappa shape index (κ1) is 38.6. The zero-order valence-corrected chi connectivity index (χ0v) is 32.7. The maximum atomic E-state index is 12.9. The van der Waals surface area contributed by atoms with E-state index in [1.807, 2.05) is 54.6 Å². The number of hydrogen-bond acceptors (Lipinski definition) is 6. The normalized spacial score (nSPS) is 14.7. The lowest BCUT2D eigenvalue weighted by Crippen LogP contribution is -2.27. The fourth-order valence-electron chi connectivity index (χ4n) is 6.72. The third kappa shape index (κ3) is 9.22. The molecule has 4 aromatic carbocycles. The Morgan fingerprint density at radius 2 is 1.15 bits per heavy atom. The smallest absolute Gasteiger partial charge is 0.259 e. The molecule has 52 heavy (non-hydrogen) atoms. The fraction of sp³-hybridized carbons (Fsp3) is 0.409. The van der Waals surface area contributed by atoms with Crippen LogP contribution >= 0.6 is 0 Å². The molecule has 0 fully saturated rings. The van der Waals surface area contributed by atoms with Crippen molar-refractivity contribution in [3.63, 3.8) is 0 Å². The number of carbonyl (C=O) groups excluding carboxylic acids is 2. The molecule has 4 aromatic rings. The first-order valence-electron chi connectivity index (χ1n) is 18.2. The minimum Gasteiger partial charge on any atom is -0.496 e. The minimum absolute atomic E-state index is 0.00676. The summed E-state index contributed by atoms with van der Waals surface area (Å²) in [6, 6.07) is 23.9. The average molecular weight is 705 g/mol. The van der Waals surface area contributed by atoms with Gasteiger partial charge in [0.2, 0.25) is 0 Å². The van der Waals surface area contributed by atoms with E-state index in [1.165, 1.54) is 22.3 Å². The summed E-state index contributed by atoms with van der Waals surface area (Å²) in [6.07, 6.45) is 1.96. The van der Waals surface area contributed by atoms with E-state index in [2.05, 4.69) is 94.3 Å². The van der Waals surface area contributed by atoms with Gasteiger partial charge in [0.1, 0.15) is 11.5 Å². The highest BCUT2D eigenvalue weighted by molar-refractivity contribution is 6.07. The lowest BCUT2D eigenvalue weighted by molar-refractivity contribution is 0.101. The zero-order valence-electron chi connectivity index (χ0n) is 32.7. The number of anilines is 2. The van der Waals surface area contributed by atoms with Crippen LogP contribution < -0.4 is 20.1 Å². The minimum atomic E-state index is -0.143. The van der Waals surface area contributed by atoms with E-state index in [1.54, 1.807) is 14.2 Å². The molecular formula is C44H56N4O4. The van der Waals surface area contributed by atoms with E-state index in [4.69, 9.17) is 9.47 Å². The van der Waals surface area contributed by atoms with E-state index in [0.717, 1.165) is 61.5 Å². The number of nitrogens with one attached hydrogen (secondary N) is 2. The van der Waals surface area contributed by atoms with Crippen molar-refractivity contribution in [2.24, 2.45) is 0 Å². The maximum Gasteiger partial charge on any atom is 0.259 e. The van der Waals surface area contributed by atoms with Crippen molar-refractivity contribution in [2.75, 3.05) is 52.0 Å². The van der Waals surface area contributed by atoms with E-state index < -0.39 is 0 Å². The van der Waals surface area contributed by atoms with Gasteiger partial charge in [0.15, 0.2) is 0 Å². The zero-order chi connectivity index (χ0) is 37.8. The van der Waals surface area contributed by atoms with Crippen molar-refractivity contribution >= 4 is 23.2 Å². The number of methoxy groups -OCH3 is 2. The topological polar surface area (TPSA) is 83.1 Å². The number of amides is 2. The van der Waals surface area contributed by atoms with Crippen LogP contribution in [0.2, 0.25) is 0 Å². The first-order chi connectivity index (χ1) is 24.6. The van der Waals surface area contributed by atoms with Gasteiger partial charge in [-0.25, -0.2) is 0 Å². The van der Waals surface area contributed by atoms with Crippen molar-refractivity contribution in [1.29, 1.82) is 0 Å². The number of ether oxygens (including phenoxy) is 2. The molecular weight excluding hydrogens is 649 g/mol. The molecule has 0 aromatic heterocycles. The van der Waals surface area contributed by atoms with Crippen molar-refractivity contribution in [3.8, 4) is 11.5 Å². The highest BCUT2D eigenvalue weighted by Gasteiger charge is 2.23. The SMILES string of the molecule is COc1cc(C(C)(C)C)ccc1C(=O)Nc1ccc2c(c1)CCN(C)C2.COc1cc(C(C)(C)C)ccc1C(=O)Nc1cccc2c1CCN(C)C2. The summed E-state index contributed by atoms with van der Waals surface area (Å²) in [6.45, 7) is 16.8. The highest BCUT2D eigenvalue weighted by atomic mass is 16.5. The van der Waals surface area contributed by atoms with E-state index in [9.17, 15) is 9.59 Å². The monoisotopic (exact) mass is 704 g/mol. The van der Waals surface area contributed by atoms with Crippen LogP contribution in [-0.4, -0.2) is 63.0 Å². The molecule has 8 nitrogen and oxygen atoms in total. The number of carbonyl (C=O) groups is 2. The molecule has 0 aliphatic carbocycles. The fourth-order valence-corrected chi connectivity index (χ4v) is 6.72. The van der Waals surface area contributed by atoms with Gasteiger partial charge in [-0.05, 0) is 114 Å². The third-order valence-electron chi connectivity index (χ3n) is 10.00. The Kier molecular flexibility index (Phi) is 11.8. The Morgan fingerprint density at radius 1 is 0.615 bits per heavy atom. The Balaban J connectivity index is 0.000000201.